The lowest BCUT2D eigenvalue weighted by Crippen LogP contribution is -2.45. The molecule has 0 aliphatic heterocycles. The summed E-state index contributed by atoms with van der Waals surface area (Å²) in [6.07, 6.45) is 1.70. The minimum atomic E-state index is -0.874. The van der Waals surface area contributed by atoms with Crippen LogP contribution in [0.3, 0.4) is 0 Å². The van der Waals surface area contributed by atoms with E-state index in [-0.39, 0.29) is 0 Å². The Bertz CT molecular complexity index is 1190. The molecule has 0 amide bonds. The molecular formula is C22H16Cl2FN3O. The van der Waals surface area contributed by atoms with Crippen LogP contribution in [0.25, 0.3) is 5.65 Å². The maximum absolute atomic E-state index is 14.1. The molecular weight excluding hydrogens is 412 g/mol. The van der Waals surface area contributed by atoms with E-state index in [1.807, 2.05) is 59.1 Å². The first-order chi connectivity index (χ1) is 14.1. The first kappa shape index (κ1) is 18.4. The molecule has 7 heteroatoms. The van der Waals surface area contributed by atoms with Crippen LogP contribution in [-0.4, -0.2) is 20.8 Å². The van der Waals surface area contributed by atoms with Gasteiger partial charge in [0.1, 0.15) is 17.7 Å². The molecule has 0 unspecified atom stereocenters. The zero-order valence-electron chi connectivity index (χ0n) is 15.2. The number of nitrogens with zero attached hydrogens (tertiary/aromatic N) is 3. The summed E-state index contributed by atoms with van der Waals surface area (Å²) in [5.41, 5.74) is 0.979. The molecule has 2 aromatic carbocycles. The van der Waals surface area contributed by atoms with Crippen molar-refractivity contribution < 1.29 is 9.13 Å². The topological polar surface area (TPSA) is 39.4 Å². The van der Waals surface area contributed by atoms with Gasteiger partial charge in [-0.25, -0.2) is 4.39 Å². The summed E-state index contributed by atoms with van der Waals surface area (Å²) in [6.45, 7) is 0. The van der Waals surface area contributed by atoms with E-state index in [0.29, 0.717) is 45.9 Å². The van der Waals surface area contributed by atoms with Gasteiger partial charge in [-0.1, -0.05) is 47.5 Å². The second-order valence-corrected chi connectivity index (χ2v) is 8.06. The normalized spacial score (nSPS) is 21.1. The van der Waals surface area contributed by atoms with E-state index >= 15 is 0 Å². The van der Waals surface area contributed by atoms with Crippen LogP contribution in [0.2, 0.25) is 10.0 Å². The van der Waals surface area contributed by atoms with Crippen molar-refractivity contribution in [3.8, 4) is 11.5 Å². The van der Waals surface area contributed by atoms with Crippen molar-refractivity contribution in [2.24, 2.45) is 0 Å². The van der Waals surface area contributed by atoms with Crippen LogP contribution in [0.1, 0.15) is 24.2 Å². The Morgan fingerprint density at radius 1 is 0.931 bits per heavy atom. The number of fused-ring (bicyclic) bond motifs is 1. The van der Waals surface area contributed by atoms with Gasteiger partial charge >= 0.3 is 0 Å². The fraction of sp³-hybridized carbons (Fsp3) is 0.182. The summed E-state index contributed by atoms with van der Waals surface area (Å²) in [4.78, 5) is 0. The predicted molar refractivity (Wildman–Crippen MR) is 111 cm³/mol. The maximum Gasteiger partial charge on any atom is 0.203 e. The molecule has 0 radical (unpaired) electrons. The molecule has 1 aliphatic carbocycles. The van der Waals surface area contributed by atoms with Crippen molar-refractivity contribution in [3.63, 3.8) is 0 Å². The quantitative estimate of drug-likeness (QED) is 0.386. The van der Waals surface area contributed by atoms with E-state index in [1.165, 1.54) is 0 Å². The zero-order chi connectivity index (χ0) is 20.0. The lowest BCUT2D eigenvalue weighted by molar-refractivity contribution is 0.116. The summed E-state index contributed by atoms with van der Waals surface area (Å²) < 4.78 is 21.9. The summed E-state index contributed by atoms with van der Waals surface area (Å²) in [5, 5.41) is 9.95. The third-order valence-corrected chi connectivity index (χ3v) is 5.98. The number of aromatic nitrogens is 3. The molecule has 0 saturated heterocycles. The third-order valence-electron chi connectivity index (χ3n) is 5.42. The summed E-state index contributed by atoms with van der Waals surface area (Å²) in [6, 6.07) is 18.4. The van der Waals surface area contributed by atoms with Gasteiger partial charge in [0.25, 0.3) is 0 Å². The van der Waals surface area contributed by atoms with Crippen LogP contribution < -0.4 is 4.74 Å². The molecule has 146 valence electrons. The van der Waals surface area contributed by atoms with Gasteiger partial charge in [-0.3, -0.25) is 4.40 Å². The van der Waals surface area contributed by atoms with Gasteiger partial charge in [0.05, 0.1) is 10.4 Å². The lowest BCUT2D eigenvalue weighted by Gasteiger charge is -2.43. The van der Waals surface area contributed by atoms with Gasteiger partial charge in [-0.05, 0) is 54.8 Å². The first-order valence-corrected chi connectivity index (χ1v) is 9.99. The van der Waals surface area contributed by atoms with Gasteiger partial charge in [-0.2, -0.15) is 0 Å². The average Bonchev–Trinajstić information content (AvgIpc) is 3.13. The molecule has 0 N–H and O–H groups in total. The largest absolute Gasteiger partial charge is 0.452 e. The Hall–Kier alpha value is -2.63. The summed E-state index contributed by atoms with van der Waals surface area (Å²) in [7, 11) is 0. The Morgan fingerprint density at radius 2 is 1.66 bits per heavy atom. The molecule has 2 aromatic heterocycles. The number of rotatable bonds is 4. The highest BCUT2D eigenvalue weighted by molar-refractivity contribution is 6.32. The molecule has 2 heterocycles. The highest BCUT2D eigenvalue weighted by atomic mass is 35.5. The van der Waals surface area contributed by atoms with Crippen molar-refractivity contribution in [3.05, 3.63) is 88.3 Å². The molecule has 0 spiro atoms. The number of benzene rings is 2. The minimum absolute atomic E-state index is 0.352. The number of para-hydroxylation sites is 1. The van der Waals surface area contributed by atoms with Crippen LogP contribution in [0.5, 0.6) is 11.5 Å². The number of ether oxygens (including phenoxy) is 1. The fourth-order valence-corrected chi connectivity index (χ4v) is 4.26. The molecule has 1 saturated carbocycles. The Morgan fingerprint density at radius 3 is 2.38 bits per heavy atom. The lowest BCUT2D eigenvalue weighted by atomic mass is 9.62. The first-order valence-electron chi connectivity index (χ1n) is 9.23. The Balaban J connectivity index is 1.61. The minimum Gasteiger partial charge on any atom is -0.452 e. The van der Waals surface area contributed by atoms with Crippen molar-refractivity contribution in [1.29, 1.82) is 0 Å². The Labute approximate surface area is 176 Å². The smallest absolute Gasteiger partial charge is 0.203 e. The Kier molecular flexibility index (Phi) is 4.45. The number of hydrogen-bond acceptors (Lipinski definition) is 3. The van der Waals surface area contributed by atoms with Crippen LogP contribution in [0, 0.1) is 0 Å². The summed E-state index contributed by atoms with van der Waals surface area (Å²) in [5.74, 6) is 1.75. The van der Waals surface area contributed by atoms with Crippen molar-refractivity contribution in [2.75, 3.05) is 0 Å². The average molecular weight is 428 g/mol. The second-order valence-electron chi connectivity index (χ2n) is 7.22. The zero-order valence-corrected chi connectivity index (χ0v) is 16.7. The van der Waals surface area contributed by atoms with E-state index in [9.17, 15) is 4.39 Å². The maximum atomic E-state index is 14.1. The summed E-state index contributed by atoms with van der Waals surface area (Å²) >= 11 is 12.3. The van der Waals surface area contributed by atoms with Crippen LogP contribution in [0.15, 0.2) is 66.9 Å². The van der Waals surface area contributed by atoms with Crippen LogP contribution in [0.4, 0.5) is 4.39 Å². The molecule has 4 aromatic rings. The van der Waals surface area contributed by atoms with Crippen molar-refractivity contribution in [2.45, 2.75) is 24.4 Å². The SMILES string of the molecule is F[C@H]1C[C@](c2ccc(Cl)cc2)(c2nnc3c(Oc4ccccc4Cl)cccn32)C1. The molecule has 1 aliphatic rings. The van der Waals surface area contributed by atoms with Gasteiger partial charge < -0.3 is 4.74 Å². The highest BCUT2D eigenvalue weighted by Gasteiger charge is 2.50. The second kappa shape index (κ2) is 7.01. The highest BCUT2D eigenvalue weighted by Crippen LogP contribution is 2.50. The van der Waals surface area contributed by atoms with E-state index in [2.05, 4.69) is 10.2 Å². The fourth-order valence-electron chi connectivity index (χ4n) is 3.96. The van der Waals surface area contributed by atoms with E-state index < -0.39 is 11.6 Å². The van der Waals surface area contributed by atoms with Gasteiger partial charge in [0.2, 0.25) is 5.65 Å². The standard InChI is InChI=1S/C22H16Cl2FN3O/c23-15-9-7-14(8-10-15)22(12-16(25)13-22)21-27-26-20-19(6-3-11-28(20)21)29-18-5-2-1-4-17(18)24/h1-11,16H,12-13H2/t16-,22-. The van der Waals surface area contributed by atoms with E-state index in [1.54, 1.807) is 12.1 Å². The number of pyridine rings is 1. The van der Waals surface area contributed by atoms with Crippen LogP contribution in [-0.2, 0) is 5.41 Å². The molecule has 0 atom stereocenters. The number of halogens is 3. The van der Waals surface area contributed by atoms with Crippen molar-refractivity contribution in [1.82, 2.24) is 14.6 Å². The van der Waals surface area contributed by atoms with Crippen molar-refractivity contribution >= 4 is 28.8 Å². The van der Waals surface area contributed by atoms with Gasteiger partial charge in [0.15, 0.2) is 5.75 Å². The number of alkyl halides is 1. The third kappa shape index (κ3) is 3.05. The van der Waals surface area contributed by atoms with Gasteiger partial charge in [0, 0.05) is 11.2 Å². The molecule has 1 fully saturated rings. The molecule has 5 rings (SSSR count). The molecule has 0 bridgehead atoms. The van der Waals surface area contributed by atoms with Gasteiger partial charge in [-0.15, -0.1) is 10.2 Å². The predicted octanol–water partition coefficient (Wildman–Crippen LogP) is 6.25. The molecule has 4 nitrogen and oxygen atoms in total. The monoisotopic (exact) mass is 427 g/mol. The van der Waals surface area contributed by atoms with E-state index in [4.69, 9.17) is 27.9 Å². The number of hydrogen-bond donors (Lipinski definition) is 0. The van der Waals surface area contributed by atoms with E-state index in [0.717, 1.165) is 5.56 Å². The van der Waals surface area contributed by atoms with Crippen LogP contribution >= 0.6 is 23.2 Å². The molecule has 29 heavy (non-hydrogen) atoms.